The number of nitrogens with zero attached hydrogens (tertiary/aromatic N) is 1. The van der Waals surface area contributed by atoms with Gasteiger partial charge in [-0.3, -0.25) is 0 Å². The Kier molecular flexibility index (Phi) is 5.39. The molecule has 2 N–H and O–H groups in total. The molecule has 0 aromatic heterocycles. The van der Waals surface area contributed by atoms with Crippen LogP contribution < -0.4 is 15.4 Å². The quantitative estimate of drug-likeness (QED) is 0.877. The van der Waals surface area contributed by atoms with Crippen molar-refractivity contribution in [3.05, 3.63) is 29.8 Å². The fourth-order valence-electron chi connectivity index (χ4n) is 3.54. The van der Waals surface area contributed by atoms with Gasteiger partial charge >= 0.3 is 6.03 Å². The maximum Gasteiger partial charge on any atom is 0.315 e. The number of amides is 2. The first kappa shape index (κ1) is 16.1. The second-order valence-corrected chi connectivity index (χ2v) is 6.54. The molecule has 0 bridgehead atoms. The SMILES string of the molecule is CCCN1CC[C@@H](CNC(=O)N[C@H]2CCOc3ccccc32)C1. The number of hydrogen-bond donors (Lipinski definition) is 2. The smallest absolute Gasteiger partial charge is 0.315 e. The van der Waals surface area contributed by atoms with Gasteiger partial charge in [0.1, 0.15) is 5.75 Å². The maximum absolute atomic E-state index is 12.2. The van der Waals surface area contributed by atoms with Crippen LogP contribution in [0.1, 0.15) is 37.8 Å². The minimum atomic E-state index is -0.0688. The largest absolute Gasteiger partial charge is 0.493 e. The highest BCUT2D eigenvalue weighted by molar-refractivity contribution is 5.74. The first-order valence-corrected chi connectivity index (χ1v) is 8.74. The number of benzene rings is 1. The van der Waals surface area contributed by atoms with E-state index < -0.39 is 0 Å². The second-order valence-electron chi connectivity index (χ2n) is 6.54. The zero-order chi connectivity index (χ0) is 16.1. The molecule has 0 unspecified atom stereocenters. The molecule has 2 atom stereocenters. The number of urea groups is 1. The van der Waals surface area contributed by atoms with E-state index >= 15 is 0 Å². The number of ether oxygens (including phenoxy) is 1. The van der Waals surface area contributed by atoms with E-state index in [1.807, 2.05) is 24.3 Å². The van der Waals surface area contributed by atoms with E-state index in [0.29, 0.717) is 12.5 Å². The predicted molar refractivity (Wildman–Crippen MR) is 90.7 cm³/mol. The minimum Gasteiger partial charge on any atom is -0.493 e. The number of nitrogens with one attached hydrogen (secondary N) is 2. The summed E-state index contributed by atoms with van der Waals surface area (Å²) in [6, 6.07) is 7.91. The Morgan fingerprint density at radius 2 is 2.22 bits per heavy atom. The zero-order valence-electron chi connectivity index (χ0n) is 13.9. The lowest BCUT2D eigenvalue weighted by molar-refractivity contribution is 0.221. The van der Waals surface area contributed by atoms with E-state index in [-0.39, 0.29) is 12.1 Å². The molecular weight excluding hydrogens is 290 g/mol. The summed E-state index contributed by atoms with van der Waals surface area (Å²) in [6.45, 7) is 7.06. The van der Waals surface area contributed by atoms with Crippen LogP contribution in [-0.4, -0.2) is 43.7 Å². The van der Waals surface area contributed by atoms with Crippen LogP contribution in [-0.2, 0) is 0 Å². The van der Waals surface area contributed by atoms with Gasteiger partial charge in [0.2, 0.25) is 0 Å². The fourth-order valence-corrected chi connectivity index (χ4v) is 3.54. The fraction of sp³-hybridized carbons (Fsp3) is 0.611. The number of carbonyl (C=O) groups is 1. The normalized spacial score (nSPS) is 23.9. The summed E-state index contributed by atoms with van der Waals surface area (Å²) in [6.07, 6.45) is 3.20. The van der Waals surface area contributed by atoms with Crippen LogP contribution in [0.4, 0.5) is 4.79 Å². The molecule has 0 radical (unpaired) electrons. The van der Waals surface area contributed by atoms with Crippen LogP contribution in [0.3, 0.4) is 0 Å². The molecule has 1 aromatic rings. The first-order chi connectivity index (χ1) is 11.3. The number of fused-ring (bicyclic) bond motifs is 1. The highest BCUT2D eigenvalue weighted by Crippen LogP contribution is 2.31. The second kappa shape index (κ2) is 7.68. The molecule has 23 heavy (non-hydrogen) atoms. The van der Waals surface area contributed by atoms with Gasteiger partial charge in [-0.25, -0.2) is 4.79 Å². The van der Waals surface area contributed by atoms with Crippen molar-refractivity contribution in [1.29, 1.82) is 0 Å². The summed E-state index contributed by atoms with van der Waals surface area (Å²) in [5.41, 5.74) is 1.07. The molecule has 1 saturated heterocycles. The molecule has 126 valence electrons. The Hall–Kier alpha value is -1.75. The summed E-state index contributed by atoms with van der Waals surface area (Å²) in [5, 5.41) is 6.14. The van der Waals surface area contributed by atoms with Crippen LogP contribution in [0.5, 0.6) is 5.75 Å². The topological polar surface area (TPSA) is 53.6 Å². The lowest BCUT2D eigenvalue weighted by Crippen LogP contribution is -2.41. The standard InChI is InChI=1S/C18H27N3O2/c1-2-9-21-10-7-14(13-21)12-19-18(22)20-16-8-11-23-17-6-4-3-5-15(16)17/h3-6,14,16H,2,7-13H2,1H3,(H2,19,20,22)/t14-,16-/m0/s1. The Morgan fingerprint density at radius 1 is 1.35 bits per heavy atom. The number of hydrogen-bond acceptors (Lipinski definition) is 3. The Bertz CT molecular complexity index is 535. The van der Waals surface area contributed by atoms with E-state index in [4.69, 9.17) is 4.74 Å². The first-order valence-electron chi connectivity index (χ1n) is 8.74. The van der Waals surface area contributed by atoms with Crippen molar-refractivity contribution in [3.63, 3.8) is 0 Å². The van der Waals surface area contributed by atoms with Gasteiger partial charge in [-0.15, -0.1) is 0 Å². The number of likely N-dealkylation sites (tertiary alicyclic amines) is 1. The van der Waals surface area contributed by atoms with Crippen molar-refractivity contribution < 1.29 is 9.53 Å². The summed E-state index contributed by atoms with van der Waals surface area (Å²) in [4.78, 5) is 14.7. The van der Waals surface area contributed by atoms with Crippen molar-refractivity contribution in [2.24, 2.45) is 5.92 Å². The molecule has 0 spiro atoms. The van der Waals surface area contributed by atoms with Crippen LogP contribution in [0, 0.1) is 5.92 Å². The maximum atomic E-state index is 12.2. The molecule has 1 aromatic carbocycles. The van der Waals surface area contributed by atoms with Gasteiger partial charge in [-0.1, -0.05) is 25.1 Å². The van der Waals surface area contributed by atoms with Crippen LogP contribution >= 0.6 is 0 Å². The third-order valence-electron chi connectivity index (χ3n) is 4.72. The van der Waals surface area contributed by atoms with Gasteiger partial charge < -0.3 is 20.3 Å². The molecular formula is C18H27N3O2. The van der Waals surface area contributed by atoms with E-state index in [1.165, 1.54) is 19.4 Å². The predicted octanol–water partition coefficient (Wildman–Crippen LogP) is 2.54. The van der Waals surface area contributed by atoms with Crippen molar-refractivity contribution in [2.45, 2.75) is 32.2 Å². The molecule has 0 saturated carbocycles. The third kappa shape index (κ3) is 4.16. The number of para-hydroxylation sites is 1. The van der Waals surface area contributed by atoms with E-state index in [0.717, 1.165) is 37.4 Å². The third-order valence-corrected chi connectivity index (χ3v) is 4.72. The molecule has 0 aliphatic carbocycles. The minimum absolute atomic E-state index is 0.0418. The average molecular weight is 317 g/mol. The molecule has 5 heteroatoms. The van der Waals surface area contributed by atoms with Gasteiger partial charge in [-0.2, -0.15) is 0 Å². The van der Waals surface area contributed by atoms with E-state index in [1.54, 1.807) is 0 Å². The van der Waals surface area contributed by atoms with Crippen LogP contribution in [0.15, 0.2) is 24.3 Å². The Balaban J connectivity index is 1.46. The Morgan fingerprint density at radius 3 is 3.09 bits per heavy atom. The van der Waals surface area contributed by atoms with Gasteiger partial charge in [0.25, 0.3) is 0 Å². The van der Waals surface area contributed by atoms with Crippen molar-refractivity contribution >= 4 is 6.03 Å². The lowest BCUT2D eigenvalue weighted by atomic mass is 10.0. The van der Waals surface area contributed by atoms with Crippen molar-refractivity contribution in [2.75, 3.05) is 32.8 Å². The van der Waals surface area contributed by atoms with Gasteiger partial charge in [0, 0.05) is 25.1 Å². The van der Waals surface area contributed by atoms with Gasteiger partial charge in [0.05, 0.1) is 12.6 Å². The average Bonchev–Trinajstić information content (AvgIpc) is 3.01. The zero-order valence-corrected chi connectivity index (χ0v) is 13.9. The van der Waals surface area contributed by atoms with Gasteiger partial charge in [0.15, 0.2) is 0 Å². The molecule has 5 nitrogen and oxygen atoms in total. The Labute approximate surface area is 138 Å². The number of rotatable bonds is 5. The highest BCUT2D eigenvalue weighted by atomic mass is 16.5. The van der Waals surface area contributed by atoms with Gasteiger partial charge in [-0.05, 0) is 37.9 Å². The molecule has 1 fully saturated rings. The van der Waals surface area contributed by atoms with Crippen molar-refractivity contribution in [1.82, 2.24) is 15.5 Å². The molecule has 2 aliphatic heterocycles. The summed E-state index contributed by atoms with van der Waals surface area (Å²) >= 11 is 0. The summed E-state index contributed by atoms with van der Waals surface area (Å²) in [5.74, 6) is 1.46. The van der Waals surface area contributed by atoms with E-state index in [9.17, 15) is 4.79 Å². The van der Waals surface area contributed by atoms with Crippen LogP contribution in [0.2, 0.25) is 0 Å². The lowest BCUT2D eigenvalue weighted by Gasteiger charge is -2.26. The van der Waals surface area contributed by atoms with E-state index in [2.05, 4.69) is 22.5 Å². The van der Waals surface area contributed by atoms with Crippen molar-refractivity contribution in [3.8, 4) is 5.75 Å². The summed E-state index contributed by atoms with van der Waals surface area (Å²) < 4.78 is 5.63. The van der Waals surface area contributed by atoms with Crippen LogP contribution in [0.25, 0.3) is 0 Å². The molecule has 3 rings (SSSR count). The summed E-state index contributed by atoms with van der Waals surface area (Å²) in [7, 11) is 0. The monoisotopic (exact) mass is 317 g/mol. The number of carbonyl (C=O) groups excluding carboxylic acids is 1. The molecule has 2 amide bonds. The molecule has 2 aliphatic rings. The highest BCUT2D eigenvalue weighted by Gasteiger charge is 2.24. The molecule has 2 heterocycles.